The lowest BCUT2D eigenvalue weighted by molar-refractivity contribution is -0.153. The van der Waals surface area contributed by atoms with Gasteiger partial charge < -0.3 is 19.1 Å². The third-order valence-corrected chi connectivity index (χ3v) is 12.5. The highest BCUT2D eigenvalue weighted by molar-refractivity contribution is 7.90. The summed E-state index contributed by atoms with van der Waals surface area (Å²) in [6, 6.07) is 12.2. The summed E-state index contributed by atoms with van der Waals surface area (Å²) in [5.74, 6) is 0.537. The number of carbonyl (C=O) groups is 2. The quantitative estimate of drug-likeness (QED) is 0.250. The van der Waals surface area contributed by atoms with Crippen LogP contribution in [0.25, 0.3) is 22.2 Å². The molecule has 266 valence electrons. The third-order valence-electron chi connectivity index (χ3n) is 11.1. The number of amides is 2. The SMILES string of the molecule is CCCS(=O)(=O)NC(=O)c1ccc2c(C3CCCCC3)c(-c3ccc(OC)cc3C)n(CC(C)(C)C(=O)N3C4CCCC3CN(C)C4)c2c1. The van der Waals surface area contributed by atoms with Gasteiger partial charge in [0, 0.05) is 53.7 Å². The van der Waals surface area contributed by atoms with Crippen LogP contribution in [0, 0.1) is 12.3 Å². The minimum Gasteiger partial charge on any atom is -0.497 e. The normalized spacial score (nSPS) is 20.8. The summed E-state index contributed by atoms with van der Waals surface area (Å²) >= 11 is 0. The molecule has 3 aromatic rings. The molecule has 3 aliphatic rings. The second-order valence-corrected chi connectivity index (χ2v) is 17.2. The number of piperazine rings is 1. The van der Waals surface area contributed by atoms with Crippen LogP contribution < -0.4 is 9.46 Å². The standard InChI is InChI=1S/C39H54N4O5S/c1-7-20-49(46,47)40-37(44)28-16-18-33-34(22-28)42(25-39(3,4)38(45)43-29-14-11-15-30(43)24-41(5)23-29)36(35(33)27-12-9-8-10-13-27)32-19-17-31(48-6)21-26(32)2/h16-19,21-22,27,29-30H,7-15,20,23-25H2,1-6H3,(H,40,44). The van der Waals surface area contributed by atoms with Crippen molar-refractivity contribution >= 4 is 32.7 Å². The van der Waals surface area contributed by atoms with E-state index < -0.39 is 21.3 Å². The molecule has 0 radical (unpaired) electrons. The van der Waals surface area contributed by atoms with Crippen LogP contribution in [0.4, 0.5) is 0 Å². The summed E-state index contributed by atoms with van der Waals surface area (Å²) in [6.07, 6.45) is 9.30. The highest BCUT2D eigenvalue weighted by Crippen LogP contribution is 2.46. The number of carbonyl (C=O) groups excluding carboxylic acids is 2. The zero-order chi connectivity index (χ0) is 35.1. The van der Waals surface area contributed by atoms with Crippen LogP contribution in [0.2, 0.25) is 0 Å². The molecule has 3 heterocycles. The van der Waals surface area contributed by atoms with Crippen LogP contribution in [0.5, 0.6) is 5.75 Å². The van der Waals surface area contributed by atoms with E-state index in [1.165, 1.54) is 12.0 Å². The predicted octanol–water partition coefficient (Wildman–Crippen LogP) is 6.86. The predicted molar refractivity (Wildman–Crippen MR) is 196 cm³/mol. The van der Waals surface area contributed by atoms with E-state index in [1.54, 1.807) is 20.1 Å². The van der Waals surface area contributed by atoms with Gasteiger partial charge in [0.25, 0.3) is 5.91 Å². The van der Waals surface area contributed by atoms with E-state index in [0.29, 0.717) is 18.9 Å². The Kier molecular flexibility index (Phi) is 10.2. The summed E-state index contributed by atoms with van der Waals surface area (Å²) < 4.78 is 35.4. The van der Waals surface area contributed by atoms with E-state index in [9.17, 15) is 18.0 Å². The number of likely N-dealkylation sites (tertiary alicyclic amines) is 1. The number of piperidine rings is 1. The molecule has 9 nitrogen and oxygen atoms in total. The molecule has 2 amide bonds. The van der Waals surface area contributed by atoms with Gasteiger partial charge in [-0.3, -0.25) is 9.59 Å². The van der Waals surface area contributed by atoms with Crippen molar-refractivity contribution in [2.24, 2.45) is 5.41 Å². The summed E-state index contributed by atoms with van der Waals surface area (Å²) in [4.78, 5) is 32.7. The molecule has 2 bridgehead atoms. The first-order valence-electron chi connectivity index (χ1n) is 18.2. The van der Waals surface area contributed by atoms with Crippen molar-refractivity contribution in [3.8, 4) is 17.0 Å². The molecule has 3 fully saturated rings. The molecule has 1 saturated carbocycles. The lowest BCUT2D eigenvalue weighted by Gasteiger charge is -2.51. The number of benzene rings is 2. The maximum absolute atomic E-state index is 14.7. The number of hydrogen-bond acceptors (Lipinski definition) is 6. The van der Waals surface area contributed by atoms with E-state index in [4.69, 9.17) is 4.74 Å². The number of nitrogens with one attached hydrogen (secondary N) is 1. The average Bonchev–Trinajstić information content (AvgIpc) is 3.36. The molecule has 10 heteroatoms. The Morgan fingerprint density at radius 2 is 1.65 bits per heavy atom. The van der Waals surface area contributed by atoms with E-state index in [1.807, 2.05) is 18.2 Å². The monoisotopic (exact) mass is 690 g/mol. The van der Waals surface area contributed by atoms with Crippen molar-refractivity contribution in [3.05, 3.63) is 53.1 Å². The summed E-state index contributed by atoms with van der Waals surface area (Å²) in [5.41, 5.74) is 4.88. The number of methoxy groups -OCH3 is 1. The lowest BCUT2D eigenvalue weighted by Crippen LogP contribution is -2.64. The van der Waals surface area contributed by atoms with Crippen molar-refractivity contribution in [1.29, 1.82) is 0 Å². The Morgan fingerprint density at radius 1 is 0.959 bits per heavy atom. The highest BCUT2D eigenvalue weighted by Gasteiger charge is 2.44. The molecular weight excluding hydrogens is 637 g/mol. The number of rotatable bonds is 10. The van der Waals surface area contributed by atoms with Crippen LogP contribution >= 0.6 is 0 Å². The van der Waals surface area contributed by atoms with Crippen LogP contribution in [-0.4, -0.2) is 79.7 Å². The average molecular weight is 691 g/mol. The zero-order valence-electron chi connectivity index (χ0n) is 30.2. The Morgan fingerprint density at radius 3 is 2.29 bits per heavy atom. The fraction of sp³-hybridized carbons (Fsp3) is 0.590. The maximum Gasteiger partial charge on any atom is 0.264 e. The minimum atomic E-state index is -3.75. The van der Waals surface area contributed by atoms with Crippen LogP contribution in [0.3, 0.4) is 0 Å². The van der Waals surface area contributed by atoms with Gasteiger partial charge >= 0.3 is 0 Å². The molecule has 2 aliphatic heterocycles. The first-order chi connectivity index (χ1) is 23.3. The number of sulfonamides is 1. The van der Waals surface area contributed by atoms with Crippen molar-refractivity contribution < 1.29 is 22.7 Å². The van der Waals surface area contributed by atoms with Gasteiger partial charge in [-0.1, -0.05) is 32.3 Å². The fourth-order valence-electron chi connectivity index (χ4n) is 8.79. The Labute approximate surface area is 292 Å². The van der Waals surface area contributed by atoms with Crippen molar-refractivity contribution in [1.82, 2.24) is 19.1 Å². The summed E-state index contributed by atoms with van der Waals surface area (Å²) in [7, 11) is 0.0756. The molecule has 2 saturated heterocycles. The molecule has 2 aromatic carbocycles. The van der Waals surface area contributed by atoms with E-state index in [2.05, 4.69) is 59.0 Å². The largest absolute Gasteiger partial charge is 0.497 e. The molecule has 1 N–H and O–H groups in total. The number of likely N-dealkylation sites (N-methyl/N-ethyl adjacent to an activating group) is 1. The Bertz CT molecular complexity index is 1810. The van der Waals surface area contributed by atoms with Crippen molar-refractivity contribution in [3.63, 3.8) is 0 Å². The van der Waals surface area contributed by atoms with Gasteiger partial charge in [0.15, 0.2) is 0 Å². The summed E-state index contributed by atoms with van der Waals surface area (Å²) in [5, 5.41) is 1.06. The molecule has 6 rings (SSSR count). The molecule has 1 aromatic heterocycles. The van der Waals surface area contributed by atoms with Gasteiger partial charge in [-0.25, -0.2) is 13.1 Å². The van der Waals surface area contributed by atoms with Gasteiger partial charge in [-0.15, -0.1) is 0 Å². The Hall–Kier alpha value is -3.37. The minimum absolute atomic E-state index is 0.116. The van der Waals surface area contributed by atoms with Crippen LogP contribution in [0.1, 0.15) is 106 Å². The van der Waals surface area contributed by atoms with Gasteiger partial charge in [0.05, 0.1) is 24.0 Å². The topological polar surface area (TPSA) is 101 Å². The lowest BCUT2D eigenvalue weighted by atomic mass is 9.81. The number of hydrogen-bond donors (Lipinski definition) is 1. The molecule has 0 spiro atoms. The number of nitrogens with zero attached hydrogens (tertiary/aromatic N) is 3. The first kappa shape index (κ1) is 35.5. The van der Waals surface area contributed by atoms with Crippen molar-refractivity contribution in [2.45, 2.75) is 110 Å². The number of aromatic nitrogens is 1. The fourth-order valence-corrected chi connectivity index (χ4v) is 9.83. The van der Waals surface area contributed by atoms with Crippen LogP contribution in [0.15, 0.2) is 36.4 Å². The zero-order valence-corrected chi connectivity index (χ0v) is 31.0. The van der Waals surface area contributed by atoms with Crippen LogP contribution in [-0.2, 0) is 21.4 Å². The van der Waals surface area contributed by atoms with Gasteiger partial charge in [-0.2, -0.15) is 0 Å². The molecular formula is C39H54N4O5S. The van der Waals surface area contributed by atoms with Gasteiger partial charge in [0.2, 0.25) is 15.9 Å². The van der Waals surface area contributed by atoms with E-state index in [0.717, 1.165) is 91.5 Å². The number of fused-ring (bicyclic) bond motifs is 3. The first-order valence-corrected chi connectivity index (χ1v) is 19.9. The van der Waals surface area contributed by atoms with E-state index in [-0.39, 0.29) is 29.3 Å². The number of ether oxygens (including phenoxy) is 1. The Balaban J connectivity index is 1.53. The second kappa shape index (κ2) is 14.1. The summed E-state index contributed by atoms with van der Waals surface area (Å²) in [6.45, 7) is 10.2. The molecule has 49 heavy (non-hydrogen) atoms. The smallest absolute Gasteiger partial charge is 0.264 e. The molecule has 2 atom stereocenters. The third kappa shape index (κ3) is 7.13. The highest BCUT2D eigenvalue weighted by atomic mass is 32.2. The molecule has 1 aliphatic carbocycles. The second-order valence-electron chi connectivity index (χ2n) is 15.4. The van der Waals surface area contributed by atoms with E-state index >= 15 is 0 Å². The maximum atomic E-state index is 14.7. The van der Waals surface area contributed by atoms with Gasteiger partial charge in [0.1, 0.15) is 5.75 Å². The van der Waals surface area contributed by atoms with Gasteiger partial charge in [-0.05, 0) is 114 Å². The van der Waals surface area contributed by atoms with Crippen molar-refractivity contribution in [2.75, 3.05) is 33.0 Å². The molecule has 2 unspecified atom stereocenters. The number of aryl methyl sites for hydroxylation is 1.